The van der Waals surface area contributed by atoms with Crippen LogP contribution in [-0.4, -0.2) is 40.6 Å². The fourth-order valence-corrected chi connectivity index (χ4v) is 2.05. The monoisotopic (exact) mass is 311 g/mol. The van der Waals surface area contributed by atoms with Crippen molar-refractivity contribution in [3.63, 3.8) is 0 Å². The minimum atomic E-state index is -4.30. The van der Waals surface area contributed by atoms with Crippen LogP contribution in [0.25, 0.3) is 0 Å². The maximum atomic E-state index is 11.8. The normalized spacial score (nSPS) is 12.6. The third-order valence-electron chi connectivity index (χ3n) is 2.37. The number of nitrogens with one attached hydrogen (secondary N) is 1. The van der Waals surface area contributed by atoms with E-state index in [4.69, 9.17) is 0 Å². The maximum Gasteiger partial charge on any atom is 0.411 e. The molecule has 0 bridgehead atoms. The zero-order valence-corrected chi connectivity index (χ0v) is 11.7. The molecule has 0 heterocycles. The van der Waals surface area contributed by atoms with E-state index in [-0.39, 0.29) is 18.0 Å². The lowest BCUT2D eigenvalue weighted by molar-refractivity contribution is -0.173. The third kappa shape index (κ3) is 6.88. The molecule has 114 valence electrons. The van der Waals surface area contributed by atoms with Crippen LogP contribution in [0.1, 0.15) is 5.56 Å². The van der Waals surface area contributed by atoms with Crippen LogP contribution in [0.4, 0.5) is 13.2 Å². The first-order valence-electron chi connectivity index (χ1n) is 5.83. The lowest BCUT2D eigenvalue weighted by atomic mass is 10.2. The quantitative estimate of drug-likeness (QED) is 0.780. The molecule has 1 N–H and O–H groups in total. The molecule has 0 radical (unpaired) electrons. The standard InChI is InChI=1S/C12H16F3NO3S/c1-20(17,18)11-4-2-10(3-5-11)8-16-6-7-19-9-12(13,14)15/h2-5,16H,6-9H2,1H3. The summed E-state index contributed by atoms with van der Waals surface area (Å²) in [4.78, 5) is 0.231. The van der Waals surface area contributed by atoms with Crippen LogP contribution < -0.4 is 5.32 Å². The van der Waals surface area contributed by atoms with Gasteiger partial charge in [-0.15, -0.1) is 0 Å². The van der Waals surface area contributed by atoms with Crippen molar-refractivity contribution in [2.75, 3.05) is 26.0 Å². The van der Waals surface area contributed by atoms with Crippen molar-refractivity contribution >= 4 is 9.84 Å². The van der Waals surface area contributed by atoms with E-state index in [9.17, 15) is 21.6 Å². The Morgan fingerprint density at radius 3 is 2.30 bits per heavy atom. The summed E-state index contributed by atoms with van der Waals surface area (Å²) in [7, 11) is -3.21. The van der Waals surface area contributed by atoms with E-state index >= 15 is 0 Å². The number of ether oxygens (including phenoxy) is 1. The number of hydrogen-bond acceptors (Lipinski definition) is 4. The van der Waals surface area contributed by atoms with Crippen LogP contribution in [0, 0.1) is 0 Å². The van der Waals surface area contributed by atoms with Crippen LogP contribution in [0.5, 0.6) is 0 Å². The number of rotatable bonds is 7. The second kappa shape index (κ2) is 7.05. The van der Waals surface area contributed by atoms with E-state index in [1.807, 2.05) is 0 Å². The van der Waals surface area contributed by atoms with E-state index in [0.717, 1.165) is 11.8 Å². The number of sulfone groups is 1. The molecule has 0 atom stereocenters. The summed E-state index contributed by atoms with van der Waals surface area (Å²) in [6.45, 7) is -0.581. The number of benzene rings is 1. The molecule has 1 aromatic carbocycles. The molecule has 0 spiro atoms. The topological polar surface area (TPSA) is 55.4 Å². The van der Waals surface area contributed by atoms with Gasteiger partial charge in [-0.1, -0.05) is 12.1 Å². The van der Waals surface area contributed by atoms with Gasteiger partial charge < -0.3 is 10.1 Å². The van der Waals surface area contributed by atoms with Gasteiger partial charge in [-0.2, -0.15) is 13.2 Å². The molecule has 8 heteroatoms. The van der Waals surface area contributed by atoms with Gasteiger partial charge >= 0.3 is 6.18 Å². The second-order valence-corrected chi connectivity index (χ2v) is 6.28. The zero-order chi connectivity index (χ0) is 15.2. The van der Waals surface area contributed by atoms with E-state index in [2.05, 4.69) is 10.1 Å². The zero-order valence-electron chi connectivity index (χ0n) is 10.9. The molecule has 0 aliphatic carbocycles. The van der Waals surface area contributed by atoms with E-state index in [0.29, 0.717) is 6.54 Å². The number of halogens is 3. The van der Waals surface area contributed by atoms with Gasteiger partial charge in [-0.25, -0.2) is 8.42 Å². The Labute approximate surface area is 115 Å². The Kier molecular flexibility index (Phi) is 5.97. The summed E-state index contributed by atoms with van der Waals surface area (Å²) < 4.78 is 62.2. The minimum absolute atomic E-state index is 0.0407. The van der Waals surface area contributed by atoms with Crippen LogP contribution in [-0.2, 0) is 21.1 Å². The molecule has 1 rings (SSSR count). The highest BCUT2D eigenvalue weighted by molar-refractivity contribution is 7.90. The van der Waals surface area contributed by atoms with Crippen LogP contribution in [0.15, 0.2) is 29.2 Å². The minimum Gasteiger partial charge on any atom is -0.371 e. The van der Waals surface area contributed by atoms with E-state index in [1.165, 1.54) is 12.1 Å². The van der Waals surface area contributed by atoms with Gasteiger partial charge in [0.2, 0.25) is 0 Å². The average Bonchev–Trinajstić information content (AvgIpc) is 2.32. The highest BCUT2D eigenvalue weighted by atomic mass is 32.2. The summed E-state index contributed by atoms with van der Waals surface area (Å²) in [6, 6.07) is 6.29. The van der Waals surface area contributed by atoms with Crippen molar-refractivity contribution in [2.45, 2.75) is 17.6 Å². The number of alkyl halides is 3. The lowest BCUT2D eigenvalue weighted by Crippen LogP contribution is -2.23. The van der Waals surface area contributed by atoms with Gasteiger partial charge in [-0.3, -0.25) is 0 Å². The SMILES string of the molecule is CS(=O)(=O)c1ccc(CNCCOCC(F)(F)F)cc1. The summed E-state index contributed by atoms with van der Waals surface area (Å²) in [5.74, 6) is 0. The molecule has 0 fully saturated rings. The molecule has 0 unspecified atom stereocenters. The Balaban J connectivity index is 2.26. The van der Waals surface area contributed by atoms with Crippen molar-refractivity contribution in [3.8, 4) is 0 Å². The van der Waals surface area contributed by atoms with E-state index < -0.39 is 22.6 Å². The number of hydrogen-bond donors (Lipinski definition) is 1. The smallest absolute Gasteiger partial charge is 0.371 e. The van der Waals surface area contributed by atoms with E-state index in [1.54, 1.807) is 12.1 Å². The first-order valence-corrected chi connectivity index (χ1v) is 7.72. The molecule has 0 saturated heterocycles. The van der Waals surface area contributed by atoms with Gasteiger partial charge in [0.1, 0.15) is 6.61 Å². The first kappa shape index (κ1) is 16.9. The lowest BCUT2D eigenvalue weighted by Gasteiger charge is -2.08. The summed E-state index contributed by atoms with van der Waals surface area (Å²) >= 11 is 0. The highest BCUT2D eigenvalue weighted by Gasteiger charge is 2.27. The Morgan fingerprint density at radius 1 is 1.20 bits per heavy atom. The summed E-state index contributed by atoms with van der Waals surface area (Å²) in [6.07, 6.45) is -3.18. The third-order valence-corrected chi connectivity index (χ3v) is 3.50. The Morgan fingerprint density at radius 2 is 1.80 bits per heavy atom. The fourth-order valence-electron chi connectivity index (χ4n) is 1.42. The molecular weight excluding hydrogens is 295 g/mol. The maximum absolute atomic E-state index is 11.8. The molecule has 0 saturated carbocycles. The van der Waals surface area contributed by atoms with Gasteiger partial charge in [0.05, 0.1) is 11.5 Å². The van der Waals surface area contributed by atoms with Crippen LogP contribution in [0.3, 0.4) is 0 Å². The van der Waals surface area contributed by atoms with Crippen molar-refractivity contribution in [1.29, 1.82) is 0 Å². The summed E-state index contributed by atoms with van der Waals surface area (Å²) in [5, 5.41) is 2.90. The van der Waals surface area contributed by atoms with Crippen molar-refractivity contribution < 1.29 is 26.3 Å². The predicted octanol–water partition coefficient (Wildman–Crippen LogP) is 1.76. The Hall–Kier alpha value is -1.12. The molecule has 1 aromatic rings. The van der Waals surface area contributed by atoms with Crippen molar-refractivity contribution in [1.82, 2.24) is 5.32 Å². The molecule has 0 amide bonds. The van der Waals surface area contributed by atoms with Gasteiger partial charge in [0.25, 0.3) is 0 Å². The molecular formula is C12H16F3NO3S. The van der Waals surface area contributed by atoms with Crippen LogP contribution >= 0.6 is 0 Å². The molecule has 0 aliphatic heterocycles. The first-order chi connectivity index (χ1) is 9.18. The van der Waals surface area contributed by atoms with Crippen molar-refractivity contribution in [3.05, 3.63) is 29.8 Å². The molecule has 0 aliphatic rings. The highest BCUT2D eigenvalue weighted by Crippen LogP contribution is 2.14. The fraction of sp³-hybridized carbons (Fsp3) is 0.500. The van der Waals surface area contributed by atoms with Gasteiger partial charge in [0, 0.05) is 19.3 Å². The predicted molar refractivity (Wildman–Crippen MR) is 68.1 cm³/mol. The second-order valence-electron chi connectivity index (χ2n) is 4.26. The average molecular weight is 311 g/mol. The summed E-state index contributed by atoms with van der Waals surface area (Å²) in [5.41, 5.74) is 0.841. The molecule has 0 aromatic heterocycles. The van der Waals surface area contributed by atoms with Gasteiger partial charge in [0.15, 0.2) is 9.84 Å². The molecule has 20 heavy (non-hydrogen) atoms. The van der Waals surface area contributed by atoms with Crippen molar-refractivity contribution in [2.24, 2.45) is 0 Å². The largest absolute Gasteiger partial charge is 0.411 e. The molecule has 4 nitrogen and oxygen atoms in total. The Bertz CT molecular complexity index is 512. The van der Waals surface area contributed by atoms with Crippen LogP contribution in [0.2, 0.25) is 0 Å². The van der Waals surface area contributed by atoms with Gasteiger partial charge in [-0.05, 0) is 17.7 Å².